The largest absolute Gasteiger partial charge is 0.208 e. The highest BCUT2D eigenvalue weighted by Crippen LogP contribution is 2.50. The molecule has 0 fully saturated rings. The van der Waals surface area contributed by atoms with E-state index >= 15 is 0 Å². The highest BCUT2D eigenvalue weighted by molar-refractivity contribution is 6.07. The maximum absolute atomic E-state index is 5.02. The SMILES string of the molecule is c1ccc(-c2nc(-c3ccccc3)nc(-c3cccc(-c4cccc(-c5cccc(-c6cc(-c7ccccc7)c(-c7ccccc7)c(-c7ccccc7)c6-c6ccccc6)c5)c4)c3)n2)cc1. The van der Waals surface area contributed by atoms with Crippen LogP contribution in [0.5, 0.6) is 0 Å². The van der Waals surface area contributed by atoms with Crippen molar-refractivity contribution in [2.45, 2.75) is 0 Å². The Balaban J connectivity index is 1.05. The molecule has 0 bridgehead atoms. The summed E-state index contributed by atoms with van der Waals surface area (Å²) in [6.07, 6.45) is 0. The molecule has 0 aliphatic heterocycles. The second-order valence-electron chi connectivity index (χ2n) is 16.3. The molecular formula is C63H43N3. The van der Waals surface area contributed by atoms with Crippen LogP contribution in [0.4, 0.5) is 0 Å². The Hall–Kier alpha value is -8.79. The molecule has 0 N–H and O–H groups in total. The van der Waals surface area contributed by atoms with Crippen LogP contribution >= 0.6 is 0 Å². The van der Waals surface area contributed by atoms with E-state index in [4.69, 9.17) is 15.0 Å². The van der Waals surface area contributed by atoms with Gasteiger partial charge in [-0.1, -0.05) is 237 Å². The van der Waals surface area contributed by atoms with Crippen LogP contribution in [0.15, 0.2) is 261 Å². The lowest BCUT2D eigenvalue weighted by Gasteiger charge is -2.24. The Morgan fingerprint density at radius 1 is 0.167 bits per heavy atom. The van der Waals surface area contributed by atoms with Crippen molar-refractivity contribution in [3.63, 3.8) is 0 Å². The zero-order valence-electron chi connectivity index (χ0n) is 36.2. The molecule has 0 aliphatic carbocycles. The van der Waals surface area contributed by atoms with Crippen molar-refractivity contribution in [1.29, 1.82) is 0 Å². The third-order valence-electron chi connectivity index (χ3n) is 12.1. The maximum atomic E-state index is 5.02. The second kappa shape index (κ2) is 18.1. The summed E-state index contributed by atoms with van der Waals surface area (Å²) in [4.78, 5) is 14.9. The van der Waals surface area contributed by atoms with Crippen LogP contribution in [-0.4, -0.2) is 15.0 Å². The summed E-state index contributed by atoms with van der Waals surface area (Å²) in [6.45, 7) is 0. The molecule has 0 amide bonds. The summed E-state index contributed by atoms with van der Waals surface area (Å²) in [5.74, 6) is 1.91. The number of rotatable bonds is 10. The van der Waals surface area contributed by atoms with Gasteiger partial charge in [-0.2, -0.15) is 0 Å². The van der Waals surface area contributed by atoms with Gasteiger partial charge in [0.05, 0.1) is 0 Å². The van der Waals surface area contributed by atoms with E-state index in [2.05, 4.69) is 200 Å². The molecule has 10 aromatic carbocycles. The molecule has 0 atom stereocenters. The van der Waals surface area contributed by atoms with Gasteiger partial charge in [-0.15, -0.1) is 0 Å². The third kappa shape index (κ3) is 8.14. The molecule has 3 nitrogen and oxygen atoms in total. The smallest absolute Gasteiger partial charge is 0.164 e. The first-order valence-corrected chi connectivity index (χ1v) is 22.3. The Labute approximate surface area is 386 Å². The fourth-order valence-electron chi connectivity index (χ4n) is 8.98. The van der Waals surface area contributed by atoms with E-state index in [0.717, 1.165) is 44.5 Å². The first-order valence-electron chi connectivity index (χ1n) is 22.3. The van der Waals surface area contributed by atoms with E-state index in [1.807, 2.05) is 60.7 Å². The van der Waals surface area contributed by atoms with Gasteiger partial charge in [0.2, 0.25) is 0 Å². The summed E-state index contributed by atoms with van der Waals surface area (Å²) in [5, 5.41) is 0. The minimum atomic E-state index is 0.630. The number of hydrogen-bond acceptors (Lipinski definition) is 3. The number of aromatic nitrogens is 3. The van der Waals surface area contributed by atoms with Crippen molar-refractivity contribution in [3.8, 4) is 112 Å². The second-order valence-corrected chi connectivity index (χ2v) is 16.3. The molecule has 66 heavy (non-hydrogen) atoms. The minimum absolute atomic E-state index is 0.630. The summed E-state index contributed by atoms with van der Waals surface area (Å²) >= 11 is 0. The summed E-state index contributed by atoms with van der Waals surface area (Å²) in [6, 6.07) is 92.4. The predicted octanol–water partition coefficient (Wildman–Crippen LogP) is 16.5. The van der Waals surface area contributed by atoms with Gasteiger partial charge < -0.3 is 0 Å². The monoisotopic (exact) mass is 841 g/mol. The molecule has 1 heterocycles. The Morgan fingerprint density at radius 2 is 0.424 bits per heavy atom. The Morgan fingerprint density at radius 3 is 0.833 bits per heavy atom. The van der Waals surface area contributed by atoms with Crippen molar-refractivity contribution in [2.75, 3.05) is 0 Å². The van der Waals surface area contributed by atoms with E-state index in [-0.39, 0.29) is 0 Å². The Kier molecular flexibility index (Phi) is 11.0. The molecule has 0 aliphatic rings. The van der Waals surface area contributed by atoms with Crippen molar-refractivity contribution in [2.24, 2.45) is 0 Å². The summed E-state index contributed by atoms with van der Waals surface area (Å²) in [5.41, 5.74) is 19.1. The van der Waals surface area contributed by atoms with Crippen LogP contribution in [0.1, 0.15) is 0 Å². The molecular weight excluding hydrogens is 799 g/mol. The highest BCUT2D eigenvalue weighted by atomic mass is 15.0. The van der Waals surface area contributed by atoms with Crippen molar-refractivity contribution in [3.05, 3.63) is 261 Å². The first-order chi connectivity index (χ1) is 32.7. The van der Waals surface area contributed by atoms with Crippen LogP contribution in [0.2, 0.25) is 0 Å². The lowest BCUT2D eigenvalue weighted by molar-refractivity contribution is 1.07. The zero-order valence-corrected chi connectivity index (χ0v) is 36.2. The van der Waals surface area contributed by atoms with Crippen LogP contribution < -0.4 is 0 Å². The molecule has 0 spiro atoms. The molecule has 0 saturated heterocycles. The predicted molar refractivity (Wildman–Crippen MR) is 274 cm³/mol. The molecule has 310 valence electrons. The van der Waals surface area contributed by atoms with Crippen molar-refractivity contribution >= 4 is 0 Å². The van der Waals surface area contributed by atoms with Crippen molar-refractivity contribution in [1.82, 2.24) is 15.0 Å². The molecule has 3 heteroatoms. The molecule has 11 aromatic rings. The fraction of sp³-hybridized carbons (Fsp3) is 0. The number of benzene rings is 10. The lowest BCUT2D eigenvalue weighted by Crippen LogP contribution is -2.00. The molecule has 0 saturated carbocycles. The minimum Gasteiger partial charge on any atom is -0.208 e. The topological polar surface area (TPSA) is 38.7 Å². The van der Waals surface area contributed by atoms with E-state index < -0.39 is 0 Å². The van der Waals surface area contributed by atoms with Crippen LogP contribution in [0, 0.1) is 0 Å². The van der Waals surface area contributed by atoms with Crippen LogP contribution in [0.25, 0.3) is 112 Å². The van der Waals surface area contributed by atoms with Gasteiger partial charge in [-0.3, -0.25) is 0 Å². The van der Waals surface area contributed by atoms with Gasteiger partial charge in [-0.25, -0.2) is 15.0 Å². The summed E-state index contributed by atoms with van der Waals surface area (Å²) in [7, 11) is 0. The fourth-order valence-corrected chi connectivity index (χ4v) is 8.98. The van der Waals surface area contributed by atoms with Gasteiger partial charge in [0.15, 0.2) is 17.5 Å². The lowest BCUT2D eigenvalue weighted by atomic mass is 9.78. The van der Waals surface area contributed by atoms with Gasteiger partial charge >= 0.3 is 0 Å². The van der Waals surface area contributed by atoms with Gasteiger partial charge in [-0.05, 0) is 102 Å². The molecule has 1 aromatic heterocycles. The average Bonchev–Trinajstić information content (AvgIpc) is 3.41. The summed E-state index contributed by atoms with van der Waals surface area (Å²) < 4.78 is 0. The van der Waals surface area contributed by atoms with Crippen LogP contribution in [-0.2, 0) is 0 Å². The van der Waals surface area contributed by atoms with Gasteiger partial charge in [0.1, 0.15) is 0 Å². The normalized spacial score (nSPS) is 11.0. The zero-order chi connectivity index (χ0) is 44.1. The Bertz CT molecular complexity index is 3370. The van der Waals surface area contributed by atoms with Gasteiger partial charge in [0, 0.05) is 16.7 Å². The van der Waals surface area contributed by atoms with Crippen molar-refractivity contribution < 1.29 is 0 Å². The molecule has 0 unspecified atom stereocenters. The van der Waals surface area contributed by atoms with E-state index in [9.17, 15) is 0 Å². The maximum Gasteiger partial charge on any atom is 0.164 e. The molecule has 11 rings (SSSR count). The third-order valence-corrected chi connectivity index (χ3v) is 12.1. The standard InChI is InChI=1S/C63H43N3/c1-7-22-44(23-8-1)56-43-57(59(46-26-11-3-12-27-46)60(47-28-13-4-14-29-47)58(56)45-24-9-2-10-25-45)54-38-20-36-52(41-54)50-34-19-35-51(40-50)53-37-21-39-55(42-53)63-65-61(48-30-15-5-16-31-48)64-62(66-63)49-32-17-6-18-33-49/h1-43H. The van der Waals surface area contributed by atoms with E-state index in [1.54, 1.807) is 0 Å². The van der Waals surface area contributed by atoms with Crippen LogP contribution in [0.3, 0.4) is 0 Å². The number of nitrogens with zero attached hydrogens (tertiary/aromatic N) is 3. The highest BCUT2D eigenvalue weighted by Gasteiger charge is 2.24. The number of hydrogen-bond donors (Lipinski definition) is 0. The quantitative estimate of drug-likeness (QED) is 0.138. The molecule has 0 radical (unpaired) electrons. The average molecular weight is 842 g/mol. The van der Waals surface area contributed by atoms with E-state index in [1.165, 1.54) is 50.1 Å². The van der Waals surface area contributed by atoms with E-state index in [0.29, 0.717) is 17.5 Å². The first kappa shape index (κ1) is 40.0. The van der Waals surface area contributed by atoms with Gasteiger partial charge in [0.25, 0.3) is 0 Å².